The zero-order valence-electron chi connectivity index (χ0n) is 9.94. The molecule has 0 bridgehead atoms. The number of rotatable bonds is 3. The number of benzene rings is 1. The van der Waals surface area contributed by atoms with Gasteiger partial charge in [-0.3, -0.25) is 0 Å². The van der Waals surface area contributed by atoms with Gasteiger partial charge in [-0.15, -0.1) is 0 Å². The molecule has 1 heterocycles. The van der Waals surface area contributed by atoms with Crippen LogP contribution < -0.4 is 10.0 Å². The highest BCUT2D eigenvalue weighted by Gasteiger charge is 2.21. The second kappa shape index (κ2) is 5.16. The first-order chi connectivity index (χ1) is 8.08. The molecule has 0 radical (unpaired) electrons. The molecule has 0 aromatic heterocycles. The maximum absolute atomic E-state index is 12.1. The van der Waals surface area contributed by atoms with Gasteiger partial charge in [0.1, 0.15) is 0 Å². The molecular weight excluding hydrogens is 236 g/mol. The van der Waals surface area contributed by atoms with Gasteiger partial charge < -0.3 is 5.32 Å². The normalized spacial score (nSPS) is 21.4. The van der Waals surface area contributed by atoms with Gasteiger partial charge >= 0.3 is 0 Å². The first kappa shape index (κ1) is 12.5. The number of hydrogen-bond donors (Lipinski definition) is 2. The zero-order chi connectivity index (χ0) is 12.3. The zero-order valence-corrected chi connectivity index (χ0v) is 10.8. The average molecular weight is 254 g/mol. The molecule has 0 saturated carbocycles. The van der Waals surface area contributed by atoms with Crippen molar-refractivity contribution in [2.24, 2.45) is 0 Å². The van der Waals surface area contributed by atoms with E-state index in [1.807, 2.05) is 19.1 Å². The van der Waals surface area contributed by atoms with E-state index in [2.05, 4.69) is 10.0 Å². The van der Waals surface area contributed by atoms with Gasteiger partial charge in [0.15, 0.2) is 0 Å². The van der Waals surface area contributed by atoms with E-state index in [4.69, 9.17) is 0 Å². The van der Waals surface area contributed by atoms with Crippen LogP contribution in [0.25, 0.3) is 0 Å². The third-order valence-electron chi connectivity index (χ3n) is 2.95. The molecule has 0 aliphatic carbocycles. The highest BCUT2D eigenvalue weighted by atomic mass is 32.2. The lowest BCUT2D eigenvalue weighted by molar-refractivity contribution is 0.428. The van der Waals surface area contributed by atoms with Gasteiger partial charge in [0.2, 0.25) is 10.0 Å². The molecule has 0 amide bonds. The second-order valence-electron chi connectivity index (χ2n) is 4.48. The van der Waals surface area contributed by atoms with Crippen molar-refractivity contribution < 1.29 is 8.42 Å². The van der Waals surface area contributed by atoms with E-state index >= 15 is 0 Å². The van der Waals surface area contributed by atoms with E-state index < -0.39 is 10.0 Å². The van der Waals surface area contributed by atoms with Gasteiger partial charge in [-0.25, -0.2) is 13.1 Å². The van der Waals surface area contributed by atoms with Crippen LogP contribution in [-0.4, -0.2) is 27.5 Å². The Hall–Kier alpha value is -0.910. The Kier molecular flexibility index (Phi) is 3.81. The summed E-state index contributed by atoms with van der Waals surface area (Å²) in [7, 11) is -3.37. The molecule has 17 heavy (non-hydrogen) atoms. The van der Waals surface area contributed by atoms with Crippen LogP contribution in [-0.2, 0) is 10.0 Å². The van der Waals surface area contributed by atoms with E-state index in [-0.39, 0.29) is 6.04 Å². The summed E-state index contributed by atoms with van der Waals surface area (Å²) in [6.45, 7) is 3.63. The summed E-state index contributed by atoms with van der Waals surface area (Å²) < 4.78 is 26.9. The van der Waals surface area contributed by atoms with Crippen molar-refractivity contribution in [3.8, 4) is 0 Å². The van der Waals surface area contributed by atoms with Crippen molar-refractivity contribution in [1.82, 2.24) is 10.0 Å². The lowest BCUT2D eigenvalue weighted by Gasteiger charge is -2.23. The quantitative estimate of drug-likeness (QED) is 0.847. The third-order valence-corrected chi connectivity index (χ3v) is 4.49. The highest BCUT2D eigenvalue weighted by molar-refractivity contribution is 7.89. The van der Waals surface area contributed by atoms with Gasteiger partial charge in [-0.1, -0.05) is 17.7 Å². The summed E-state index contributed by atoms with van der Waals surface area (Å²) in [5.41, 5.74) is 1.06. The van der Waals surface area contributed by atoms with Crippen molar-refractivity contribution in [3.63, 3.8) is 0 Å². The van der Waals surface area contributed by atoms with Gasteiger partial charge in [-0.05, 0) is 38.4 Å². The van der Waals surface area contributed by atoms with Crippen molar-refractivity contribution in [3.05, 3.63) is 29.8 Å². The average Bonchev–Trinajstić information content (AvgIpc) is 2.30. The number of piperidine rings is 1. The Morgan fingerprint density at radius 2 is 2.00 bits per heavy atom. The summed E-state index contributed by atoms with van der Waals surface area (Å²) in [5.74, 6) is 0. The van der Waals surface area contributed by atoms with Gasteiger partial charge in [0.25, 0.3) is 0 Å². The van der Waals surface area contributed by atoms with Crippen LogP contribution in [0.15, 0.2) is 29.2 Å². The minimum atomic E-state index is -3.37. The summed E-state index contributed by atoms with van der Waals surface area (Å²) in [4.78, 5) is 0.341. The van der Waals surface area contributed by atoms with Crippen molar-refractivity contribution in [2.45, 2.75) is 30.7 Å². The number of aryl methyl sites for hydroxylation is 1. The van der Waals surface area contributed by atoms with Crippen LogP contribution in [0.1, 0.15) is 18.4 Å². The molecule has 5 heteroatoms. The summed E-state index contributed by atoms with van der Waals surface area (Å²) in [6, 6.07) is 6.93. The lowest BCUT2D eigenvalue weighted by Crippen LogP contribution is -2.45. The number of sulfonamides is 1. The Morgan fingerprint density at radius 1 is 1.29 bits per heavy atom. The van der Waals surface area contributed by atoms with Crippen molar-refractivity contribution >= 4 is 10.0 Å². The summed E-state index contributed by atoms with van der Waals surface area (Å²) >= 11 is 0. The first-order valence-electron chi connectivity index (χ1n) is 5.88. The van der Waals surface area contributed by atoms with Crippen molar-refractivity contribution in [2.75, 3.05) is 13.1 Å². The molecule has 1 fully saturated rings. The first-order valence-corrected chi connectivity index (χ1v) is 7.36. The van der Waals surface area contributed by atoms with Crippen LogP contribution in [0.4, 0.5) is 0 Å². The minimum Gasteiger partial charge on any atom is -0.315 e. The molecule has 2 N–H and O–H groups in total. The smallest absolute Gasteiger partial charge is 0.240 e. The van der Waals surface area contributed by atoms with Crippen LogP contribution in [0.3, 0.4) is 0 Å². The molecule has 0 spiro atoms. The van der Waals surface area contributed by atoms with Gasteiger partial charge in [-0.2, -0.15) is 0 Å². The Bertz CT molecular complexity index is 462. The van der Waals surface area contributed by atoms with E-state index in [1.165, 1.54) is 0 Å². The summed E-state index contributed by atoms with van der Waals surface area (Å²) in [6.07, 6.45) is 1.92. The lowest BCUT2D eigenvalue weighted by atomic mass is 10.1. The van der Waals surface area contributed by atoms with Crippen LogP contribution >= 0.6 is 0 Å². The molecule has 4 nitrogen and oxygen atoms in total. The largest absolute Gasteiger partial charge is 0.315 e. The fourth-order valence-corrected chi connectivity index (χ4v) is 3.23. The second-order valence-corrected chi connectivity index (χ2v) is 6.19. The van der Waals surface area contributed by atoms with E-state index in [1.54, 1.807) is 12.1 Å². The fourth-order valence-electron chi connectivity index (χ4n) is 1.96. The monoisotopic (exact) mass is 254 g/mol. The standard InChI is InChI=1S/C12H18N2O2S/c1-10-4-6-12(7-5-10)17(15,16)14-11-3-2-8-13-9-11/h4-7,11,13-14H,2-3,8-9H2,1H3. The van der Waals surface area contributed by atoms with Crippen LogP contribution in [0.2, 0.25) is 0 Å². The predicted octanol–water partition coefficient (Wildman–Crippen LogP) is 1.03. The molecule has 94 valence electrons. The van der Waals surface area contributed by atoms with E-state index in [9.17, 15) is 8.42 Å². The van der Waals surface area contributed by atoms with Crippen LogP contribution in [0.5, 0.6) is 0 Å². The maximum Gasteiger partial charge on any atom is 0.240 e. The molecule has 2 rings (SSSR count). The molecule has 1 aromatic carbocycles. The Morgan fingerprint density at radius 3 is 2.59 bits per heavy atom. The molecule has 1 aromatic rings. The van der Waals surface area contributed by atoms with E-state index in [0.29, 0.717) is 11.4 Å². The molecule has 1 atom stereocenters. The van der Waals surface area contributed by atoms with Gasteiger partial charge in [0.05, 0.1) is 4.90 Å². The van der Waals surface area contributed by atoms with Crippen LogP contribution in [0, 0.1) is 6.92 Å². The Labute approximate surface area is 102 Å². The maximum atomic E-state index is 12.1. The topological polar surface area (TPSA) is 58.2 Å². The van der Waals surface area contributed by atoms with Gasteiger partial charge in [0, 0.05) is 12.6 Å². The predicted molar refractivity (Wildman–Crippen MR) is 67.4 cm³/mol. The van der Waals surface area contributed by atoms with Crippen molar-refractivity contribution in [1.29, 1.82) is 0 Å². The number of nitrogens with one attached hydrogen (secondary N) is 2. The van der Waals surface area contributed by atoms with E-state index in [0.717, 1.165) is 24.9 Å². The third kappa shape index (κ3) is 3.28. The Balaban J connectivity index is 2.10. The molecular formula is C12H18N2O2S. The molecule has 1 saturated heterocycles. The highest BCUT2D eigenvalue weighted by Crippen LogP contribution is 2.12. The molecule has 1 aliphatic rings. The molecule has 1 aliphatic heterocycles. The SMILES string of the molecule is Cc1ccc(S(=O)(=O)NC2CCCNC2)cc1. The molecule has 1 unspecified atom stereocenters. The minimum absolute atomic E-state index is 0.00931. The summed E-state index contributed by atoms with van der Waals surface area (Å²) in [5, 5.41) is 3.19. The number of hydrogen-bond acceptors (Lipinski definition) is 3. The fraction of sp³-hybridized carbons (Fsp3) is 0.500.